The van der Waals surface area contributed by atoms with E-state index in [-0.39, 0.29) is 90.8 Å². The lowest BCUT2D eigenvalue weighted by Gasteiger charge is -2.38. The van der Waals surface area contributed by atoms with E-state index in [0.29, 0.717) is 47.3 Å². The first-order valence-corrected chi connectivity index (χ1v) is 24.5. The molecule has 0 saturated heterocycles. The van der Waals surface area contributed by atoms with Gasteiger partial charge in [-0.25, -0.2) is 0 Å². The van der Waals surface area contributed by atoms with Crippen LogP contribution in [0.5, 0.6) is 0 Å². The van der Waals surface area contributed by atoms with Crippen LogP contribution in [0.2, 0.25) is 0 Å². The monoisotopic (exact) mass is 861 g/mol. The molecule has 5 fully saturated rings. The predicted molar refractivity (Wildman–Crippen MR) is 244 cm³/mol. The van der Waals surface area contributed by atoms with Gasteiger partial charge in [-0.2, -0.15) is 0 Å². The molecule has 10 N–H and O–H groups in total. The van der Waals surface area contributed by atoms with E-state index < -0.39 is 12.2 Å². The smallest absolute Gasteiger partial charge is 0.0832 e. The van der Waals surface area contributed by atoms with Crippen LogP contribution in [0.1, 0.15) is 168 Å². The molecule has 60 heavy (non-hydrogen) atoms. The summed E-state index contributed by atoms with van der Waals surface area (Å²) in [6.45, 7) is 29.3. The molecule has 0 aromatic heterocycles. The molecule has 16 atom stereocenters. The average molecular weight is 861 g/mol. The first-order chi connectivity index (χ1) is 27.7. The van der Waals surface area contributed by atoms with Gasteiger partial charge in [-0.1, -0.05) is 103 Å². The molecule has 5 aliphatic rings. The number of aliphatic hydroxyl groups excluding tert-OH is 10. The van der Waals surface area contributed by atoms with Gasteiger partial charge in [-0.3, -0.25) is 0 Å². The van der Waals surface area contributed by atoms with Crippen molar-refractivity contribution in [1.82, 2.24) is 0 Å². The normalized spacial score (nSPS) is 42.7. The molecule has 5 rings (SSSR count). The van der Waals surface area contributed by atoms with E-state index in [2.05, 4.69) is 69.2 Å². The molecule has 0 aliphatic heterocycles. The molecule has 10 heteroatoms. The number of hydrogen-bond donors (Lipinski definition) is 10. The van der Waals surface area contributed by atoms with Gasteiger partial charge in [-0.05, 0) is 141 Å². The predicted octanol–water partition coefficient (Wildman–Crippen LogP) is 7.05. The largest absolute Gasteiger partial charge is 0.396 e. The molecule has 0 amide bonds. The maximum absolute atomic E-state index is 9.73. The van der Waals surface area contributed by atoms with Crippen LogP contribution >= 0.6 is 0 Å². The highest BCUT2D eigenvalue weighted by Crippen LogP contribution is 2.37. The highest BCUT2D eigenvalue weighted by Gasteiger charge is 2.38. The van der Waals surface area contributed by atoms with Crippen LogP contribution in [0.15, 0.2) is 0 Å². The third kappa shape index (κ3) is 18.6. The topological polar surface area (TPSA) is 202 Å². The fraction of sp³-hybridized carbons (Fsp3) is 1.00. The van der Waals surface area contributed by atoms with E-state index in [1.54, 1.807) is 0 Å². The standard InChI is InChI=1S/5C10H20O2/c1-6(2)8-4-9(11)7(3)10(12)5-8;1-6(2)8-5-9(11)7(3)4-10(8)12;1-6(2)10-8(11)4-7(3)5-9(10)12;1-6(2)8-5-4-7(3)9(11)10(8)12;1-7-3-4-9(8(2)6-11)10(12)5-7/h4*6-12H,4-5H2,1-3H3;7-12H,3-6H2,1-2H3. The molecule has 360 valence electrons. The molecule has 5 aliphatic carbocycles. The Morgan fingerprint density at radius 2 is 0.850 bits per heavy atom. The molecule has 0 spiro atoms. The van der Waals surface area contributed by atoms with Crippen molar-refractivity contribution in [2.45, 2.75) is 222 Å². The summed E-state index contributed by atoms with van der Waals surface area (Å²) in [5, 5.41) is 96.0. The van der Waals surface area contributed by atoms with Gasteiger partial charge in [0.05, 0.1) is 54.9 Å². The van der Waals surface area contributed by atoms with Crippen molar-refractivity contribution in [1.29, 1.82) is 0 Å². The molecule has 0 radical (unpaired) electrons. The van der Waals surface area contributed by atoms with Gasteiger partial charge in [-0.15, -0.1) is 0 Å². The quantitative estimate of drug-likeness (QED) is 0.132. The molecule has 10 nitrogen and oxygen atoms in total. The Morgan fingerprint density at radius 1 is 0.383 bits per heavy atom. The van der Waals surface area contributed by atoms with Gasteiger partial charge < -0.3 is 51.1 Å². The van der Waals surface area contributed by atoms with Crippen LogP contribution in [0.25, 0.3) is 0 Å². The summed E-state index contributed by atoms with van der Waals surface area (Å²) in [5.74, 6) is 5.32. The van der Waals surface area contributed by atoms with Crippen molar-refractivity contribution in [2.75, 3.05) is 6.61 Å². The van der Waals surface area contributed by atoms with Gasteiger partial charge in [0.15, 0.2) is 0 Å². The molecule has 16 unspecified atom stereocenters. The second kappa shape index (κ2) is 27.8. The van der Waals surface area contributed by atoms with Crippen LogP contribution < -0.4 is 0 Å². The van der Waals surface area contributed by atoms with E-state index in [1.807, 2.05) is 27.7 Å². The Balaban J connectivity index is 0.000000375. The molecule has 0 heterocycles. The van der Waals surface area contributed by atoms with Crippen LogP contribution in [-0.4, -0.2) is 113 Å². The van der Waals surface area contributed by atoms with Crippen molar-refractivity contribution in [3.05, 3.63) is 0 Å². The lowest BCUT2D eigenvalue weighted by molar-refractivity contribution is -0.0832. The van der Waals surface area contributed by atoms with Crippen molar-refractivity contribution in [3.8, 4) is 0 Å². The van der Waals surface area contributed by atoms with Crippen molar-refractivity contribution in [3.63, 3.8) is 0 Å². The summed E-state index contributed by atoms with van der Waals surface area (Å²) in [7, 11) is 0. The first kappa shape index (κ1) is 57.6. The molecule has 5 saturated carbocycles. The van der Waals surface area contributed by atoms with Gasteiger partial charge in [0, 0.05) is 18.4 Å². The Hall–Kier alpha value is -0.400. The minimum atomic E-state index is -0.508. The van der Waals surface area contributed by atoms with E-state index in [0.717, 1.165) is 64.2 Å². The second-order valence-electron chi connectivity index (χ2n) is 22.2. The maximum Gasteiger partial charge on any atom is 0.0832 e. The summed E-state index contributed by atoms with van der Waals surface area (Å²) >= 11 is 0. The SMILES string of the molecule is CC(C)C1CC(O)C(C)C(O)C1.CC(C)C1CC(O)C(C)CC1O.CC(C)C1CCC(C)C(O)C1O.CC1CC(O)C(C(C)C)C(O)C1.CC1CCC(C(C)CO)C(O)C1. The van der Waals surface area contributed by atoms with Crippen molar-refractivity contribution in [2.24, 2.45) is 88.8 Å². The summed E-state index contributed by atoms with van der Waals surface area (Å²) in [6, 6.07) is 0. The minimum absolute atomic E-state index is 0.0556. The highest BCUT2D eigenvalue weighted by atomic mass is 16.3. The number of rotatable bonds is 6. The third-order valence-corrected chi connectivity index (χ3v) is 15.7. The highest BCUT2D eigenvalue weighted by molar-refractivity contribution is 4.89. The first-order valence-electron chi connectivity index (χ1n) is 24.5. The van der Waals surface area contributed by atoms with E-state index in [9.17, 15) is 46.0 Å². The minimum Gasteiger partial charge on any atom is -0.396 e. The van der Waals surface area contributed by atoms with Crippen LogP contribution in [-0.2, 0) is 0 Å². The zero-order valence-electron chi connectivity index (χ0n) is 40.8. The molecule has 0 aromatic carbocycles. The van der Waals surface area contributed by atoms with Gasteiger partial charge in [0.25, 0.3) is 0 Å². The van der Waals surface area contributed by atoms with Crippen molar-refractivity contribution >= 4 is 0 Å². The summed E-state index contributed by atoms with van der Waals surface area (Å²) in [4.78, 5) is 0. The number of aliphatic hydroxyl groups is 10. The number of hydrogen-bond acceptors (Lipinski definition) is 10. The Morgan fingerprint density at radius 3 is 1.28 bits per heavy atom. The molecular weight excluding hydrogens is 761 g/mol. The molecule has 0 bridgehead atoms. The van der Waals surface area contributed by atoms with Crippen LogP contribution in [0.4, 0.5) is 0 Å². The second-order valence-corrected chi connectivity index (χ2v) is 22.2. The van der Waals surface area contributed by atoms with Crippen LogP contribution in [0.3, 0.4) is 0 Å². The van der Waals surface area contributed by atoms with Gasteiger partial charge >= 0.3 is 0 Å². The molecular formula is C50H100O10. The fourth-order valence-electron chi connectivity index (χ4n) is 10.7. The van der Waals surface area contributed by atoms with E-state index in [4.69, 9.17) is 5.11 Å². The fourth-order valence-corrected chi connectivity index (χ4v) is 10.7. The average Bonchev–Trinajstić information content (AvgIpc) is 3.14. The summed E-state index contributed by atoms with van der Waals surface area (Å²) in [6.07, 6.45) is 7.38. The Kier molecular flexibility index (Phi) is 26.7. The van der Waals surface area contributed by atoms with Crippen LogP contribution in [0, 0.1) is 88.8 Å². The lowest BCUT2D eigenvalue weighted by Crippen LogP contribution is -2.44. The van der Waals surface area contributed by atoms with Gasteiger partial charge in [0.2, 0.25) is 0 Å². The summed E-state index contributed by atoms with van der Waals surface area (Å²) < 4.78 is 0. The van der Waals surface area contributed by atoms with E-state index >= 15 is 0 Å². The zero-order chi connectivity index (χ0) is 46.3. The summed E-state index contributed by atoms with van der Waals surface area (Å²) in [5.41, 5.74) is 0. The Bertz CT molecular complexity index is 1070. The lowest BCUT2D eigenvalue weighted by atomic mass is 9.73. The maximum atomic E-state index is 9.73. The molecule has 0 aromatic rings. The Labute approximate surface area is 368 Å². The van der Waals surface area contributed by atoms with E-state index in [1.165, 1.54) is 6.42 Å². The van der Waals surface area contributed by atoms with Gasteiger partial charge in [0.1, 0.15) is 0 Å². The van der Waals surface area contributed by atoms with Crippen molar-refractivity contribution < 1.29 is 51.1 Å². The third-order valence-electron chi connectivity index (χ3n) is 15.7. The zero-order valence-corrected chi connectivity index (χ0v) is 40.8.